The first-order valence-electron chi connectivity index (χ1n) is 7.32. The molecule has 0 bridgehead atoms. The highest BCUT2D eigenvalue weighted by Crippen LogP contribution is 2.26. The number of hydrogen-bond donors (Lipinski definition) is 2. The van der Waals surface area contributed by atoms with Crippen molar-refractivity contribution in [2.45, 2.75) is 44.8 Å². The molecule has 114 valence electrons. The van der Waals surface area contributed by atoms with Gasteiger partial charge in [0.25, 0.3) is 0 Å². The van der Waals surface area contributed by atoms with Crippen molar-refractivity contribution in [1.29, 1.82) is 0 Å². The van der Waals surface area contributed by atoms with Crippen LogP contribution in [0.25, 0.3) is 0 Å². The molecule has 1 fully saturated rings. The van der Waals surface area contributed by atoms with Crippen LogP contribution in [-0.2, 0) is 16.1 Å². The Morgan fingerprint density at radius 3 is 2.43 bits per heavy atom. The number of carbonyl (C=O) groups excluding carboxylic acids is 1. The van der Waals surface area contributed by atoms with Crippen LogP contribution in [-0.4, -0.2) is 23.2 Å². The molecule has 0 aliphatic heterocycles. The van der Waals surface area contributed by atoms with Gasteiger partial charge in [0.15, 0.2) is 0 Å². The van der Waals surface area contributed by atoms with E-state index >= 15 is 0 Å². The summed E-state index contributed by atoms with van der Waals surface area (Å²) in [5.74, 6) is -0.505. The molecule has 5 nitrogen and oxygen atoms in total. The second kappa shape index (κ2) is 7.67. The van der Waals surface area contributed by atoms with Crippen molar-refractivity contribution in [3.05, 3.63) is 35.9 Å². The Kier molecular flexibility index (Phi) is 5.60. The lowest BCUT2D eigenvalue weighted by Crippen LogP contribution is -2.38. The van der Waals surface area contributed by atoms with E-state index < -0.39 is 12.1 Å². The fourth-order valence-electron chi connectivity index (χ4n) is 2.69. The van der Waals surface area contributed by atoms with E-state index in [2.05, 4.69) is 5.32 Å². The number of nitrogens with one attached hydrogen (secondary N) is 1. The first-order chi connectivity index (χ1) is 10.1. The zero-order chi connectivity index (χ0) is 15.1. The van der Waals surface area contributed by atoms with E-state index in [9.17, 15) is 9.59 Å². The molecule has 1 aromatic carbocycles. The third-order valence-corrected chi connectivity index (χ3v) is 3.84. The standard InChI is InChI=1S/C16H21NO4/c18-15(19)10-12-6-8-14(9-7-12)17-16(20)21-11-13-4-2-1-3-5-13/h1-5,12,14H,6-11H2,(H,17,20)(H,18,19)/t12-,14+. The van der Waals surface area contributed by atoms with Gasteiger partial charge in [-0.15, -0.1) is 0 Å². The van der Waals surface area contributed by atoms with Gasteiger partial charge in [-0.1, -0.05) is 30.3 Å². The highest BCUT2D eigenvalue weighted by Gasteiger charge is 2.24. The van der Waals surface area contributed by atoms with Gasteiger partial charge in [-0.25, -0.2) is 4.79 Å². The Labute approximate surface area is 124 Å². The lowest BCUT2D eigenvalue weighted by Gasteiger charge is -2.27. The molecular weight excluding hydrogens is 270 g/mol. The molecule has 0 saturated heterocycles. The van der Waals surface area contributed by atoms with Crippen LogP contribution in [0.5, 0.6) is 0 Å². The van der Waals surface area contributed by atoms with Crippen LogP contribution in [0.4, 0.5) is 4.79 Å². The quantitative estimate of drug-likeness (QED) is 0.874. The van der Waals surface area contributed by atoms with E-state index in [4.69, 9.17) is 9.84 Å². The minimum absolute atomic E-state index is 0.0957. The maximum atomic E-state index is 11.7. The Morgan fingerprint density at radius 1 is 1.14 bits per heavy atom. The minimum Gasteiger partial charge on any atom is -0.481 e. The van der Waals surface area contributed by atoms with Gasteiger partial charge in [0.1, 0.15) is 6.61 Å². The number of aliphatic carboxylic acids is 1. The van der Waals surface area contributed by atoms with Gasteiger partial charge in [0.05, 0.1) is 0 Å². The lowest BCUT2D eigenvalue weighted by atomic mass is 9.84. The molecule has 1 aliphatic rings. The van der Waals surface area contributed by atoms with Crippen LogP contribution in [0.3, 0.4) is 0 Å². The number of amides is 1. The molecule has 21 heavy (non-hydrogen) atoms. The minimum atomic E-state index is -0.742. The normalized spacial score (nSPS) is 21.5. The van der Waals surface area contributed by atoms with Crippen LogP contribution < -0.4 is 5.32 Å². The zero-order valence-corrected chi connectivity index (χ0v) is 12.0. The van der Waals surface area contributed by atoms with Crippen molar-refractivity contribution in [3.63, 3.8) is 0 Å². The summed E-state index contributed by atoms with van der Waals surface area (Å²) in [6, 6.07) is 9.63. The average Bonchev–Trinajstić information content (AvgIpc) is 2.48. The molecule has 0 heterocycles. The van der Waals surface area contributed by atoms with E-state index in [0.717, 1.165) is 31.2 Å². The maximum Gasteiger partial charge on any atom is 0.407 e. The first kappa shape index (κ1) is 15.4. The Morgan fingerprint density at radius 2 is 1.81 bits per heavy atom. The summed E-state index contributed by atoms with van der Waals surface area (Å²) in [5, 5.41) is 11.6. The molecule has 2 rings (SSSR count). The second-order valence-corrected chi connectivity index (χ2v) is 5.52. The summed E-state index contributed by atoms with van der Waals surface area (Å²) in [6.45, 7) is 0.265. The number of ether oxygens (including phenoxy) is 1. The van der Waals surface area contributed by atoms with Gasteiger partial charge >= 0.3 is 12.1 Å². The fourth-order valence-corrected chi connectivity index (χ4v) is 2.69. The van der Waals surface area contributed by atoms with Crippen molar-refractivity contribution < 1.29 is 19.4 Å². The summed E-state index contributed by atoms with van der Waals surface area (Å²) >= 11 is 0. The van der Waals surface area contributed by atoms with Crippen LogP contribution in [0.1, 0.15) is 37.7 Å². The Bertz CT molecular complexity index is 466. The zero-order valence-electron chi connectivity index (χ0n) is 12.0. The molecule has 1 aliphatic carbocycles. The summed E-state index contributed by atoms with van der Waals surface area (Å²) in [7, 11) is 0. The monoisotopic (exact) mass is 291 g/mol. The molecule has 2 N–H and O–H groups in total. The number of hydrogen-bond acceptors (Lipinski definition) is 3. The average molecular weight is 291 g/mol. The summed E-state index contributed by atoms with van der Waals surface area (Å²) in [4.78, 5) is 22.4. The van der Waals surface area contributed by atoms with E-state index in [1.807, 2.05) is 30.3 Å². The van der Waals surface area contributed by atoms with E-state index in [0.29, 0.717) is 0 Å². The lowest BCUT2D eigenvalue weighted by molar-refractivity contribution is -0.138. The number of carboxylic acids is 1. The third kappa shape index (κ3) is 5.45. The molecule has 1 amide bonds. The van der Waals surface area contributed by atoms with Crippen LogP contribution in [0.15, 0.2) is 30.3 Å². The molecule has 0 radical (unpaired) electrons. The van der Waals surface area contributed by atoms with Crippen molar-refractivity contribution >= 4 is 12.1 Å². The van der Waals surface area contributed by atoms with Crippen molar-refractivity contribution in [2.24, 2.45) is 5.92 Å². The highest BCUT2D eigenvalue weighted by molar-refractivity contribution is 5.68. The van der Waals surface area contributed by atoms with Crippen LogP contribution in [0, 0.1) is 5.92 Å². The largest absolute Gasteiger partial charge is 0.481 e. The van der Waals surface area contributed by atoms with Gasteiger partial charge in [0, 0.05) is 12.5 Å². The molecule has 5 heteroatoms. The smallest absolute Gasteiger partial charge is 0.407 e. The van der Waals surface area contributed by atoms with Gasteiger partial charge in [0.2, 0.25) is 0 Å². The Hall–Kier alpha value is -2.04. The van der Waals surface area contributed by atoms with Crippen LogP contribution >= 0.6 is 0 Å². The highest BCUT2D eigenvalue weighted by atomic mass is 16.5. The summed E-state index contributed by atoms with van der Waals surface area (Å²) in [5.41, 5.74) is 0.956. The predicted octanol–water partition coefficient (Wildman–Crippen LogP) is 2.95. The third-order valence-electron chi connectivity index (χ3n) is 3.84. The molecule has 1 aromatic rings. The van der Waals surface area contributed by atoms with Crippen molar-refractivity contribution in [1.82, 2.24) is 5.32 Å². The first-order valence-corrected chi connectivity index (χ1v) is 7.32. The topological polar surface area (TPSA) is 75.6 Å². The Balaban J connectivity index is 1.66. The van der Waals surface area contributed by atoms with Crippen molar-refractivity contribution in [2.75, 3.05) is 0 Å². The number of benzene rings is 1. The van der Waals surface area contributed by atoms with Gasteiger partial charge in [-0.05, 0) is 37.2 Å². The van der Waals surface area contributed by atoms with Gasteiger partial charge < -0.3 is 15.2 Å². The van der Waals surface area contributed by atoms with Gasteiger partial charge in [-0.2, -0.15) is 0 Å². The van der Waals surface area contributed by atoms with Crippen molar-refractivity contribution in [3.8, 4) is 0 Å². The SMILES string of the molecule is O=C(O)C[C@H]1CC[C@@H](NC(=O)OCc2ccccc2)CC1. The molecule has 0 aromatic heterocycles. The summed E-state index contributed by atoms with van der Waals surface area (Å²) in [6.07, 6.45) is 3.15. The molecule has 1 saturated carbocycles. The number of carbonyl (C=O) groups is 2. The fraction of sp³-hybridized carbons (Fsp3) is 0.500. The molecular formula is C16H21NO4. The van der Waals surface area contributed by atoms with Crippen LogP contribution in [0.2, 0.25) is 0 Å². The summed E-state index contributed by atoms with van der Waals surface area (Å²) < 4.78 is 5.18. The number of rotatable bonds is 5. The second-order valence-electron chi connectivity index (χ2n) is 5.52. The van der Waals surface area contributed by atoms with E-state index in [1.165, 1.54) is 0 Å². The predicted molar refractivity (Wildman–Crippen MR) is 77.8 cm³/mol. The van der Waals surface area contributed by atoms with E-state index in [1.54, 1.807) is 0 Å². The molecule has 0 unspecified atom stereocenters. The molecule has 0 spiro atoms. The van der Waals surface area contributed by atoms with E-state index in [-0.39, 0.29) is 25.0 Å². The molecule has 0 atom stereocenters. The van der Waals surface area contributed by atoms with Gasteiger partial charge in [-0.3, -0.25) is 4.79 Å². The maximum absolute atomic E-state index is 11.7. The number of carboxylic acid groups (broad SMARTS) is 1. The number of alkyl carbamates (subject to hydrolysis) is 1.